The number of nitrogens with zero attached hydrogens (tertiary/aromatic N) is 2. The summed E-state index contributed by atoms with van der Waals surface area (Å²) in [7, 11) is 1.80. The zero-order chi connectivity index (χ0) is 18.6. The number of benzene rings is 1. The van der Waals surface area contributed by atoms with Crippen LogP contribution in [-0.2, 0) is 22.6 Å². The smallest absolute Gasteiger partial charge is 0.191 e. The van der Waals surface area contributed by atoms with Crippen molar-refractivity contribution in [3.63, 3.8) is 0 Å². The molecule has 1 atom stereocenters. The van der Waals surface area contributed by atoms with Gasteiger partial charge in [-0.3, -0.25) is 9.89 Å². The first-order valence-electron chi connectivity index (χ1n) is 9.65. The average Bonchev–Trinajstić information content (AvgIpc) is 2.64. The minimum absolute atomic E-state index is 0. The van der Waals surface area contributed by atoms with Crippen molar-refractivity contribution in [3.05, 3.63) is 35.4 Å². The van der Waals surface area contributed by atoms with Gasteiger partial charge < -0.3 is 20.1 Å². The predicted octanol–water partition coefficient (Wildman–Crippen LogP) is 2.62. The van der Waals surface area contributed by atoms with Crippen LogP contribution >= 0.6 is 24.0 Å². The van der Waals surface area contributed by atoms with Gasteiger partial charge in [-0.25, -0.2) is 0 Å². The van der Waals surface area contributed by atoms with E-state index in [-0.39, 0.29) is 24.0 Å². The molecule has 7 heteroatoms. The Hall–Kier alpha value is -0.900. The second kappa shape index (κ2) is 14.1. The number of halogens is 1. The second-order valence-corrected chi connectivity index (χ2v) is 6.64. The van der Waals surface area contributed by atoms with E-state index >= 15 is 0 Å². The summed E-state index contributed by atoms with van der Waals surface area (Å²) in [5.41, 5.74) is 2.61. The highest BCUT2D eigenvalue weighted by molar-refractivity contribution is 14.0. The van der Waals surface area contributed by atoms with Gasteiger partial charge in [0.2, 0.25) is 0 Å². The molecule has 2 rings (SSSR count). The molecule has 1 saturated heterocycles. The van der Waals surface area contributed by atoms with E-state index in [0.717, 1.165) is 64.9 Å². The summed E-state index contributed by atoms with van der Waals surface area (Å²) in [6, 6.07) is 8.76. The van der Waals surface area contributed by atoms with Crippen LogP contribution in [0.3, 0.4) is 0 Å². The second-order valence-electron chi connectivity index (χ2n) is 6.64. The predicted molar refractivity (Wildman–Crippen MR) is 122 cm³/mol. The van der Waals surface area contributed by atoms with Gasteiger partial charge in [-0.05, 0) is 31.4 Å². The molecule has 154 valence electrons. The maximum atomic E-state index is 5.62. The molecule has 0 radical (unpaired) electrons. The fourth-order valence-electron chi connectivity index (χ4n) is 3.06. The molecule has 1 aliphatic heterocycles. The molecule has 0 aliphatic carbocycles. The van der Waals surface area contributed by atoms with Crippen molar-refractivity contribution in [2.75, 3.05) is 46.5 Å². The number of nitrogens with one attached hydrogen (secondary N) is 2. The van der Waals surface area contributed by atoms with Crippen LogP contribution in [0, 0.1) is 0 Å². The summed E-state index contributed by atoms with van der Waals surface area (Å²) in [6.45, 7) is 11.1. The normalized spacial score (nSPS) is 18.0. The standard InChI is InChI=1S/C20H34N4O2.HI/c1-4-25-11-6-9-22-20(21-3)23-14-18-7-5-8-19(13-18)16-24-10-12-26-17(2)15-24;/h5,7-8,13,17H,4,6,9-12,14-16H2,1-3H3,(H2,21,22,23);1H. The van der Waals surface area contributed by atoms with Crippen LogP contribution < -0.4 is 10.6 Å². The van der Waals surface area contributed by atoms with Crippen molar-refractivity contribution in [2.45, 2.75) is 39.5 Å². The zero-order valence-electron chi connectivity index (χ0n) is 16.9. The van der Waals surface area contributed by atoms with Crippen LogP contribution in [0.25, 0.3) is 0 Å². The Kier molecular flexibility index (Phi) is 12.6. The zero-order valence-corrected chi connectivity index (χ0v) is 19.2. The van der Waals surface area contributed by atoms with Gasteiger partial charge >= 0.3 is 0 Å². The Morgan fingerprint density at radius 2 is 2.15 bits per heavy atom. The van der Waals surface area contributed by atoms with Gasteiger partial charge in [0.15, 0.2) is 5.96 Å². The van der Waals surface area contributed by atoms with Gasteiger partial charge in [-0.2, -0.15) is 0 Å². The third-order valence-electron chi connectivity index (χ3n) is 4.37. The van der Waals surface area contributed by atoms with E-state index in [1.54, 1.807) is 7.05 Å². The maximum absolute atomic E-state index is 5.62. The Bertz CT molecular complexity index is 557. The van der Waals surface area contributed by atoms with E-state index < -0.39 is 0 Å². The van der Waals surface area contributed by atoms with E-state index in [9.17, 15) is 0 Å². The fourth-order valence-corrected chi connectivity index (χ4v) is 3.06. The molecule has 1 unspecified atom stereocenters. The topological polar surface area (TPSA) is 58.1 Å². The van der Waals surface area contributed by atoms with Crippen molar-refractivity contribution in [3.8, 4) is 0 Å². The maximum Gasteiger partial charge on any atom is 0.191 e. The highest BCUT2D eigenvalue weighted by Gasteiger charge is 2.16. The van der Waals surface area contributed by atoms with Crippen molar-refractivity contribution >= 4 is 29.9 Å². The number of aliphatic imine (C=N–C) groups is 1. The molecule has 1 heterocycles. The fraction of sp³-hybridized carbons (Fsp3) is 0.650. The average molecular weight is 490 g/mol. The Morgan fingerprint density at radius 1 is 1.33 bits per heavy atom. The van der Waals surface area contributed by atoms with Crippen molar-refractivity contribution in [2.24, 2.45) is 4.99 Å². The third-order valence-corrected chi connectivity index (χ3v) is 4.37. The number of rotatable bonds is 9. The SMILES string of the molecule is CCOCCCNC(=NC)NCc1cccc(CN2CCOC(C)C2)c1.I. The summed E-state index contributed by atoms with van der Waals surface area (Å²) in [6.07, 6.45) is 1.30. The van der Waals surface area contributed by atoms with Gasteiger partial charge in [-0.15, -0.1) is 24.0 Å². The lowest BCUT2D eigenvalue weighted by molar-refractivity contribution is -0.0212. The molecule has 27 heavy (non-hydrogen) atoms. The molecule has 0 aromatic heterocycles. The van der Waals surface area contributed by atoms with Crippen LogP contribution in [0.5, 0.6) is 0 Å². The van der Waals surface area contributed by atoms with Gasteiger partial charge in [0.05, 0.1) is 12.7 Å². The van der Waals surface area contributed by atoms with Crippen molar-refractivity contribution in [1.29, 1.82) is 0 Å². The van der Waals surface area contributed by atoms with Gasteiger partial charge in [0, 0.05) is 53.0 Å². The minimum atomic E-state index is 0. The van der Waals surface area contributed by atoms with Crippen molar-refractivity contribution < 1.29 is 9.47 Å². The van der Waals surface area contributed by atoms with E-state index in [0.29, 0.717) is 6.10 Å². The molecule has 0 spiro atoms. The molecule has 2 N–H and O–H groups in total. The largest absolute Gasteiger partial charge is 0.382 e. The van der Waals surface area contributed by atoms with Crippen molar-refractivity contribution in [1.82, 2.24) is 15.5 Å². The van der Waals surface area contributed by atoms with Crippen LogP contribution in [0.1, 0.15) is 31.4 Å². The van der Waals surface area contributed by atoms with E-state index in [1.165, 1.54) is 11.1 Å². The number of ether oxygens (including phenoxy) is 2. The first-order valence-corrected chi connectivity index (χ1v) is 9.65. The van der Waals surface area contributed by atoms with E-state index in [2.05, 4.69) is 51.7 Å². The molecule has 6 nitrogen and oxygen atoms in total. The molecule has 1 fully saturated rings. The minimum Gasteiger partial charge on any atom is -0.382 e. The molecule has 0 bridgehead atoms. The molecular formula is C20H35IN4O2. The molecule has 1 aliphatic rings. The van der Waals surface area contributed by atoms with E-state index in [1.807, 2.05) is 6.92 Å². The summed E-state index contributed by atoms with van der Waals surface area (Å²) in [4.78, 5) is 6.73. The monoisotopic (exact) mass is 490 g/mol. The molecule has 1 aromatic rings. The summed E-state index contributed by atoms with van der Waals surface area (Å²) >= 11 is 0. The third kappa shape index (κ3) is 9.73. The highest BCUT2D eigenvalue weighted by atomic mass is 127. The van der Waals surface area contributed by atoms with Crippen LogP contribution in [0.2, 0.25) is 0 Å². The first-order chi connectivity index (χ1) is 12.7. The molecular weight excluding hydrogens is 455 g/mol. The van der Waals surface area contributed by atoms with Gasteiger partial charge in [-0.1, -0.05) is 24.3 Å². The van der Waals surface area contributed by atoms with Gasteiger partial charge in [0.1, 0.15) is 0 Å². The Labute approximate surface area is 181 Å². The lowest BCUT2D eigenvalue weighted by Crippen LogP contribution is -2.40. The van der Waals surface area contributed by atoms with Crippen LogP contribution in [-0.4, -0.2) is 63.5 Å². The number of hydrogen-bond donors (Lipinski definition) is 2. The highest BCUT2D eigenvalue weighted by Crippen LogP contribution is 2.12. The van der Waals surface area contributed by atoms with Gasteiger partial charge in [0.25, 0.3) is 0 Å². The molecule has 0 amide bonds. The van der Waals surface area contributed by atoms with Crippen LogP contribution in [0.15, 0.2) is 29.3 Å². The lowest BCUT2D eigenvalue weighted by atomic mass is 10.1. The quantitative estimate of drug-likeness (QED) is 0.241. The number of hydrogen-bond acceptors (Lipinski definition) is 4. The molecule has 0 saturated carbocycles. The Balaban J connectivity index is 0.00000364. The van der Waals surface area contributed by atoms with E-state index in [4.69, 9.17) is 9.47 Å². The summed E-state index contributed by atoms with van der Waals surface area (Å²) in [5.74, 6) is 0.828. The lowest BCUT2D eigenvalue weighted by Gasteiger charge is -2.31. The van der Waals surface area contributed by atoms with Crippen LogP contribution in [0.4, 0.5) is 0 Å². The molecule has 1 aromatic carbocycles. The number of guanidine groups is 1. The first kappa shape index (κ1) is 24.1. The summed E-state index contributed by atoms with van der Waals surface area (Å²) in [5, 5.41) is 6.70. The number of morpholine rings is 1. The Morgan fingerprint density at radius 3 is 2.89 bits per heavy atom. The summed E-state index contributed by atoms with van der Waals surface area (Å²) < 4.78 is 11.0.